The number of ether oxygens (including phenoxy) is 1. The Balaban J connectivity index is 1.62. The highest BCUT2D eigenvalue weighted by atomic mass is 16.5. The monoisotopic (exact) mass is 422 g/mol. The smallest absolute Gasteiger partial charge is 0.411 e. The average molecular weight is 422 g/mol. The van der Waals surface area contributed by atoms with Crippen molar-refractivity contribution in [1.29, 1.82) is 0 Å². The molecule has 0 bridgehead atoms. The van der Waals surface area contributed by atoms with Crippen LogP contribution in [-0.2, 0) is 24.4 Å². The SMILES string of the molecule is CCOC(=O)Nc1ccc2c(CN(Cc3ccco3)Cc3ccco3)cc(=O)oc2c1. The van der Waals surface area contributed by atoms with Crippen molar-refractivity contribution in [2.75, 3.05) is 11.9 Å². The molecular formula is C23H22N2O6. The molecule has 0 radical (unpaired) electrons. The largest absolute Gasteiger partial charge is 0.468 e. The zero-order valence-corrected chi connectivity index (χ0v) is 17.0. The molecule has 0 aliphatic rings. The molecule has 0 saturated carbocycles. The van der Waals surface area contributed by atoms with Gasteiger partial charge in [-0.2, -0.15) is 0 Å². The number of hydrogen-bond acceptors (Lipinski definition) is 7. The van der Waals surface area contributed by atoms with Crippen LogP contribution in [0.25, 0.3) is 11.0 Å². The van der Waals surface area contributed by atoms with Gasteiger partial charge in [0.1, 0.15) is 17.1 Å². The number of hydrogen-bond donors (Lipinski definition) is 1. The van der Waals surface area contributed by atoms with E-state index in [4.69, 9.17) is 18.0 Å². The molecule has 4 rings (SSSR count). The molecule has 1 N–H and O–H groups in total. The minimum Gasteiger partial charge on any atom is -0.468 e. The third kappa shape index (κ3) is 5.23. The van der Waals surface area contributed by atoms with Gasteiger partial charge in [-0.1, -0.05) is 0 Å². The van der Waals surface area contributed by atoms with Crippen LogP contribution in [0.4, 0.5) is 10.5 Å². The second-order valence-electron chi connectivity index (χ2n) is 6.95. The minimum atomic E-state index is -0.566. The number of benzene rings is 1. The highest BCUT2D eigenvalue weighted by molar-refractivity contribution is 5.89. The summed E-state index contributed by atoms with van der Waals surface area (Å²) in [5.41, 5.74) is 1.20. The summed E-state index contributed by atoms with van der Waals surface area (Å²) in [5, 5.41) is 3.39. The zero-order valence-electron chi connectivity index (χ0n) is 17.0. The van der Waals surface area contributed by atoms with E-state index in [2.05, 4.69) is 10.2 Å². The molecule has 0 aliphatic carbocycles. The van der Waals surface area contributed by atoms with Crippen LogP contribution >= 0.6 is 0 Å². The van der Waals surface area contributed by atoms with Crippen LogP contribution in [0.5, 0.6) is 0 Å². The fourth-order valence-electron chi connectivity index (χ4n) is 3.38. The van der Waals surface area contributed by atoms with E-state index in [1.165, 1.54) is 6.07 Å². The number of rotatable bonds is 8. The van der Waals surface area contributed by atoms with Crippen molar-refractivity contribution >= 4 is 22.7 Å². The van der Waals surface area contributed by atoms with E-state index in [-0.39, 0.29) is 6.61 Å². The molecule has 8 nitrogen and oxygen atoms in total. The van der Waals surface area contributed by atoms with Gasteiger partial charge in [0, 0.05) is 29.8 Å². The Morgan fingerprint density at radius 1 is 1.00 bits per heavy atom. The van der Waals surface area contributed by atoms with Gasteiger partial charge in [-0.3, -0.25) is 10.2 Å². The van der Waals surface area contributed by atoms with E-state index in [0.29, 0.717) is 30.9 Å². The van der Waals surface area contributed by atoms with Crippen molar-refractivity contribution in [3.8, 4) is 0 Å². The summed E-state index contributed by atoms with van der Waals surface area (Å²) in [6, 6.07) is 14.1. The van der Waals surface area contributed by atoms with Crippen molar-refractivity contribution in [2.45, 2.75) is 26.6 Å². The van der Waals surface area contributed by atoms with Crippen LogP contribution in [0, 0.1) is 0 Å². The lowest BCUT2D eigenvalue weighted by Gasteiger charge is -2.21. The van der Waals surface area contributed by atoms with Gasteiger partial charge in [-0.15, -0.1) is 0 Å². The first-order chi connectivity index (χ1) is 15.1. The number of anilines is 1. The molecule has 0 fully saturated rings. The van der Waals surface area contributed by atoms with Crippen LogP contribution < -0.4 is 10.9 Å². The van der Waals surface area contributed by atoms with Crippen LogP contribution in [-0.4, -0.2) is 17.6 Å². The third-order valence-corrected chi connectivity index (χ3v) is 4.67. The Morgan fingerprint density at radius 3 is 2.32 bits per heavy atom. The fourth-order valence-corrected chi connectivity index (χ4v) is 3.38. The Bertz CT molecular complexity index is 1160. The predicted molar refractivity (Wildman–Crippen MR) is 113 cm³/mol. The van der Waals surface area contributed by atoms with Gasteiger partial charge in [0.15, 0.2) is 0 Å². The Morgan fingerprint density at radius 2 is 1.71 bits per heavy atom. The van der Waals surface area contributed by atoms with Crippen LogP contribution in [0.3, 0.4) is 0 Å². The molecule has 160 valence electrons. The van der Waals surface area contributed by atoms with Gasteiger partial charge in [-0.25, -0.2) is 9.59 Å². The maximum absolute atomic E-state index is 12.2. The summed E-state index contributed by atoms with van der Waals surface area (Å²) in [4.78, 5) is 26.0. The second kappa shape index (κ2) is 9.36. The van der Waals surface area contributed by atoms with Crippen LogP contribution in [0.1, 0.15) is 24.0 Å². The molecule has 3 aromatic heterocycles. The van der Waals surface area contributed by atoms with Gasteiger partial charge >= 0.3 is 11.7 Å². The van der Waals surface area contributed by atoms with Crippen molar-refractivity contribution < 1.29 is 22.8 Å². The Kier molecular flexibility index (Phi) is 6.18. The van der Waals surface area contributed by atoms with Crippen LogP contribution in [0.2, 0.25) is 0 Å². The lowest BCUT2D eigenvalue weighted by molar-refractivity contribution is 0.168. The van der Waals surface area contributed by atoms with Gasteiger partial charge in [-0.05, 0) is 48.9 Å². The molecule has 0 unspecified atom stereocenters. The van der Waals surface area contributed by atoms with E-state index >= 15 is 0 Å². The summed E-state index contributed by atoms with van der Waals surface area (Å²) in [6.07, 6.45) is 2.69. The molecule has 0 aliphatic heterocycles. The van der Waals surface area contributed by atoms with E-state index in [9.17, 15) is 9.59 Å². The average Bonchev–Trinajstić information content (AvgIpc) is 3.42. The maximum atomic E-state index is 12.2. The number of carbonyl (C=O) groups excluding carboxylic acids is 1. The standard InChI is InChI=1S/C23H22N2O6/c1-2-28-23(27)24-17-7-8-20-16(11-22(26)31-21(20)12-17)13-25(14-18-5-3-9-29-18)15-19-6-4-10-30-19/h3-12H,2,13-15H2,1H3,(H,24,27). The molecule has 1 amide bonds. The normalized spacial score (nSPS) is 11.2. The van der Waals surface area contributed by atoms with Crippen molar-refractivity contribution in [3.05, 3.63) is 88.6 Å². The zero-order chi connectivity index (χ0) is 21.6. The Labute approximate surface area is 178 Å². The maximum Gasteiger partial charge on any atom is 0.411 e. The van der Waals surface area contributed by atoms with Crippen molar-refractivity contribution in [3.63, 3.8) is 0 Å². The van der Waals surface area contributed by atoms with Gasteiger partial charge in [0.05, 0.1) is 32.2 Å². The van der Waals surface area contributed by atoms with E-state index in [1.54, 1.807) is 31.6 Å². The lowest BCUT2D eigenvalue weighted by Crippen LogP contribution is -2.22. The van der Waals surface area contributed by atoms with E-state index in [1.807, 2.05) is 30.3 Å². The first-order valence-corrected chi connectivity index (χ1v) is 9.88. The highest BCUT2D eigenvalue weighted by Gasteiger charge is 2.15. The first-order valence-electron chi connectivity index (χ1n) is 9.88. The number of nitrogens with zero attached hydrogens (tertiary/aromatic N) is 1. The van der Waals surface area contributed by atoms with E-state index in [0.717, 1.165) is 22.5 Å². The number of amides is 1. The topological polar surface area (TPSA) is 98.1 Å². The van der Waals surface area contributed by atoms with Gasteiger partial charge < -0.3 is 18.0 Å². The molecule has 1 aromatic carbocycles. The first kappa shape index (κ1) is 20.5. The molecule has 0 spiro atoms. The van der Waals surface area contributed by atoms with Crippen molar-refractivity contribution in [2.24, 2.45) is 0 Å². The van der Waals surface area contributed by atoms with Gasteiger partial charge in [0.2, 0.25) is 0 Å². The third-order valence-electron chi connectivity index (χ3n) is 4.67. The van der Waals surface area contributed by atoms with E-state index < -0.39 is 11.7 Å². The lowest BCUT2D eigenvalue weighted by atomic mass is 10.1. The predicted octanol–water partition coefficient (Wildman–Crippen LogP) is 4.75. The second-order valence-corrected chi connectivity index (χ2v) is 6.95. The highest BCUT2D eigenvalue weighted by Crippen LogP contribution is 2.24. The number of nitrogens with one attached hydrogen (secondary N) is 1. The quantitative estimate of drug-likeness (QED) is 0.409. The number of carbonyl (C=O) groups is 1. The molecule has 8 heteroatoms. The summed E-state index contributed by atoms with van der Waals surface area (Å²) in [7, 11) is 0. The summed E-state index contributed by atoms with van der Waals surface area (Å²) in [6.45, 7) is 3.53. The molecule has 4 aromatic rings. The summed E-state index contributed by atoms with van der Waals surface area (Å²) >= 11 is 0. The number of fused-ring (bicyclic) bond motifs is 1. The molecular weight excluding hydrogens is 400 g/mol. The van der Waals surface area contributed by atoms with Crippen molar-refractivity contribution in [1.82, 2.24) is 4.90 Å². The van der Waals surface area contributed by atoms with Crippen LogP contribution in [0.15, 0.2) is 79.1 Å². The minimum absolute atomic E-state index is 0.264. The molecule has 0 atom stereocenters. The Hall–Kier alpha value is -3.78. The molecule has 0 saturated heterocycles. The molecule has 3 heterocycles. The summed E-state index contributed by atoms with van der Waals surface area (Å²) in [5.74, 6) is 1.61. The summed E-state index contributed by atoms with van der Waals surface area (Å²) < 4.78 is 21.3. The fraction of sp³-hybridized carbons (Fsp3) is 0.217. The van der Waals surface area contributed by atoms with Gasteiger partial charge in [0.25, 0.3) is 0 Å². The number of furan rings is 2. The molecule has 31 heavy (non-hydrogen) atoms.